The van der Waals surface area contributed by atoms with Crippen molar-refractivity contribution in [1.29, 1.82) is 0 Å². The first-order valence-corrected chi connectivity index (χ1v) is 7.29. The standard InChI is InChI=1S/C15H12N6O3/c1-2-24-13(22)12-16-14-17-15(23)21-11(20(14)19-12)8-10(18-21)9-6-4-3-5-7-9/h3-8H,2H2,1H3,(H,16,17,19,23). The summed E-state index contributed by atoms with van der Waals surface area (Å²) in [6.07, 6.45) is 0. The largest absolute Gasteiger partial charge is 0.460 e. The molecule has 0 unspecified atom stereocenters. The number of rotatable bonds is 3. The number of nitrogens with zero attached hydrogens (tertiary/aromatic N) is 5. The quantitative estimate of drug-likeness (QED) is 0.561. The first-order chi connectivity index (χ1) is 11.7. The third-order valence-electron chi connectivity index (χ3n) is 3.45. The second kappa shape index (κ2) is 5.30. The Labute approximate surface area is 134 Å². The van der Waals surface area contributed by atoms with Crippen molar-refractivity contribution in [1.82, 2.24) is 29.2 Å². The fourth-order valence-corrected chi connectivity index (χ4v) is 2.41. The molecule has 0 aliphatic heterocycles. The number of aromatic nitrogens is 6. The highest BCUT2D eigenvalue weighted by atomic mass is 16.5. The summed E-state index contributed by atoms with van der Waals surface area (Å²) >= 11 is 0. The van der Waals surface area contributed by atoms with Gasteiger partial charge in [0.2, 0.25) is 5.78 Å². The van der Waals surface area contributed by atoms with E-state index in [1.807, 2.05) is 30.3 Å². The maximum Gasteiger partial charge on any atom is 0.378 e. The van der Waals surface area contributed by atoms with Gasteiger partial charge >= 0.3 is 11.7 Å². The molecule has 3 heterocycles. The van der Waals surface area contributed by atoms with Gasteiger partial charge in [-0.2, -0.15) is 19.1 Å². The smallest absolute Gasteiger partial charge is 0.378 e. The lowest BCUT2D eigenvalue weighted by molar-refractivity contribution is 0.0512. The van der Waals surface area contributed by atoms with Crippen molar-refractivity contribution in [3.63, 3.8) is 0 Å². The maximum atomic E-state index is 12.2. The first kappa shape index (κ1) is 14.1. The Kier molecular flexibility index (Phi) is 3.12. The van der Waals surface area contributed by atoms with Crippen LogP contribution in [0.1, 0.15) is 17.5 Å². The summed E-state index contributed by atoms with van der Waals surface area (Å²) in [6, 6.07) is 11.1. The predicted octanol–water partition coefficient (Wildman–Crippen LogP) is 0.909. The van der Waals surface area contributed by atoms with Gasteiger partial charge in [-0.25, -0.2) is 9.59 Å². The number of H-pyrrole nitrogens is 1. The highest BCUT2D eigenvalue weighted by Crippen LogP contribution is 2.18. The number of hydrogen-bond donors (Lipinski definition) is 1. The number of ether oxygens (including phenoxy) is 1. The SMILES string of the molecule is CCOC(=O)c1nc2[nH]c(=O)n3nc(-c4ccccc4)cc3n2n1. The van der Waals surface area contributed by atoms with E-state index in [0.717, 1.165) is 5.56 Å². The van der Waals surface area contributed by atoms with Crippen LogP contribution in [-0.4, -0.2) is 41.8 Å². The molecule has 0 saturated heterocycles. The van der Waals surface area contributed by atoms with Crippen molar-refractivity contribution in [2.24, 2.45) is 0 Å². The summed E-state index contributed by atoms with van der Waals surface area (Å²) in [7, 11) is 0. The van der Waals surface area contributed by atoms with E-state index < -0.39 is 11.7 Å². The lowest BCUT2D eigenvalue weighted by Crippen LogP contribution is -2.20. The Bertz CT molecular complexity index is 1110. The molecule has 24 heavy (non-hydrogen) atoms. The Morgan fingerprint density at radius 3 is 2.75 bits per heavy atom. The van der Waals surface area contributed by atoms with E-state index in [0.29, 0.717) is 11.3 Å². The summed E-state index contributed by atoms with van der Waals surface area (Å²) in [5.41, 5.74) is 1.40. The molecule has 0 saturated carbocycles. The molecule has 120 valence electrons. The Morgan fingerprint density at radius 1 is 1.21 bits per heavy atom. The van der Waals surface area contributed by atoms with Gasteiger partial charge in [0, 0.05) is 11.6 Å². The second-order valence-electron chi connectivity index (χ2n) is 4.99. The molecule has 0 atom stereocenters. The van der Waals surface area contributed by atoms with Gasteiger partial charge in [0.15, 0.2) is 5.65 Å². The van der Waals surface area contributed by atoms with Crippen LogP contribution in [0.15, 0.2) is 41.2 Å². The van der Waals surface area contributed by atoms with E-state index in [4.69, 9.17) is 4.74 Å². The molecule has 4 aromatic rings. The van der Waals surface area contributed by atoms with Gasteiger partial charge in [0.25, 0.3) is 5.82 Å². The third-order valence-corrected chi connectivity index (χ3v) is 3.45. The van der Waals surface area contributed by atoms with Crippen LogP contribution in [0.2, 0.25) is 0 Å². The van der Waals surface area contributed by atoms with Crippen LogP contribution in [0.4, 0.5) is 0 Å². The van der Waals surface area contributed by atoms with Gasteiger partial charge in [-0.05, 0) is 6.92 Å². The maximum absolute atomic E-state index is 12.2. The molecule has 0 aliphatic rings. The summed E-state index contributed by atoms with van der Waals surface area (Å²) < 4.78 is 7.42. The molecular formula is C15H12N6O3. The number of aromatic amines is 1. The van der Waals surface area contributed by atoms with Crippen LogP contribution in [0, 0.1) is 0 Å². The number of carbonyl (C=O) groups is 1. The van der Waals surface area contributed by atoms with Crippen LogP contribution < -0.4 is 5.69 Å². The molecule has 9 heteroatoms. The topological polar surface area (TPSA) is 107 Å². The van der Waals surface area contributed by atoms with E-state index in [1.165, 1.54) is 9.03 Å². The lowest BCUT2D eigenvalue weighted by atomic mass is 10.2. The van der Waals surface area contributed by atoms with E-state index in [2.05, 4.69) is 20.2 Å². The number of fused-ring (bicyclic) bond motifs is 3. The third kappa shape index (κ3) is 2.14. The minimum absolute atomic E-state index is 0.122. The van der Waals surface area contributed by atoms with E-state index in [9.17, 15) is 9.59 Å². The molecule has 3 aromatic heterocycles. The molecule has 0 spiro atoms. The van der Waals surface area contributed by atoms with E-state index in [1.54, 1.807) is 13.0 Å². The van der Waals surface area contributed by atoms with Gasteiger partial charge in [0.05, 0.1) is 12.3 Å². The Balaban J connectivity index is 1.95. The van der Waals surface area contributed by atoms with Gasteiger partial charge in [-0.1, -0.05) is 30.3 Å². The van der Waals surface area contributed by atoms with Gasteiger partial charge in [0.1, 0.15) is 0 Å². The summed E-state index contributed by atoms with van der Waals surface area (Å²) in [6.45, 7) is 1.90. The van der Waals surface area contributed by atoms with E-state index in [-0.39, 0.29) is 18.2 Å². The zero-order valence-electron chi connectivity index (χ0n) is 12.6. The van der Waals surface area contributed by atoms with Crippen molar-refractivity contribution < 1.29 is 9.53 Å². The van der Waals surface area contributed by atoms with Crippen molar-refractivity contribution >= 4 is 17.4 Å². The highest BCUT2D eigenvalue weighted by molar-refractivity contribution is 5.85. The summed E-state index contributed by atoms with van der Waals surface area (Å²) in [5, 5.41) is 8.40. The van der Waals surface area contributed by atoms with Crippen molar-refractivity contribution in [3.8, 4) is 11.3 Å². The molecular weight excluding hydrogens is 312 g/mol. The summed E-state index contributed by atoms with van der Waals surface area (Å²) in [5.74, 6) is -0.624. The Morgan fingerprint density at radius 2 is 2.00 bits per heavy atom. The van der Waals surface area contributed by atoms with Crippen molar-refractivity contribution in [2.75, 3.05) is 6.61 Å². The average Bonchev–Trinajstić information content (AvgIpc) is 3.20. The average molecular weight is 324 g/mol. The molecule has 9 nitrogen and oxygen atoms in total. The number of hydrogen-bond acceptors (Lipinski definition) is 6. The predicted molar refractivity (Wildman–Crippen MR) is 83.8 cm³/mol. The first-order valence-electron chi connectivity index (χ1n) is 7.29. The molecule has 0 aliphatic carbocycles. The zero-order chi connectivity index (χ0) is 16.7. The lowest BCUT2D eigenvalue weighted by Gasteiger charge is -1.94. The molecule has 1 aromatic carbocycles. The molecule has 0 radical (unpaired) electrons. The molecule has 4 rings (SSSR count). The second-order valence-corrected chi connectivity index (χ2v) is 4.99. The zero-order valence-corrected chi connectivity index (χ0v) is 12.6. The fourth-order valence-electron chi connectivity index (χ4n) is 2.41. The Hall–Kier alpha value is -3.49. The number of carbonyl (C=O) groups excluding carboxylic acids is 1. The normalized spacial score (nSPS) is 11.2. The molecule has 0 fully saturated rings. The number of benzene rings is 1. The molecule has 0 bridgehead atoms. The van der Waals surface area contributed by atoms with Crippen LogP contribution in [0.3, 0.4) is 0 Å². The van der Waals surface area contributed by atoms with Gasteiger partial charge in [-0.15, -0.1) is 5.10 Å². The molecule has 1 N–H and O–H groups in total. The van der Waals surface area contributed by atoms with Crippen molar-refractivity contribution in [3.05, 3.63) is 52.7 Å². The fraction of sp³-hybridized carbons (Fsp3) is 0.133. The van der Waals surface area contributed by atoms with Crippen LogP contribution in [0.5, 0.6) is 0 Å². The van der Waals surface area contributed by atoms with Crippen LogP contribution in [0.25, 0.3) is 22.7 Å². The van der Waals surface area contributed by atoms with Crippen LogP contribution >= 0.6 is 0 Å². The van der Waals surface area contributed by atoms with Crippen LogP contribution in [-0.2, 0) is 4.74 Å². The number of nitrogens with one attached hydrogen (secondary N) is 1. The highest BCUT2D eigenvalue weighted by Gasteiger charge is 2.18. The van der Waals surface area contributed by atoms with E-state index >= 15 is 0 Å². The van der Waals surface area contributed by atoms with Gasteiger partial charge in [-0.3, -0.25) is 4.98 Å². The number of esters is 1. The minimum Gasteiger partial charge on any atom is -0.460 e. The van der Waals surface area contributed by atoms with Gasteiger partial charge < -0.3 is 4.74 Å². The minimum atomic E-state index is -0.650. The summed E-state index contributed by atoms with van der Waals surface area (Å²) in [4.78, 5) is 30.5. The van der Waals surface area contributed by atoms with Crippen molar-refractivity contribution in [2.45, 2.75) is 6.92 Å². The molecule has 0 amide bonds. The monoisotopic (exact) mass is 324 g/mol.